The van der Waals surface area contributed by atoms with E-state index < -0.39 is 61.9 Å². The van der Waals surface area contributed by atoms with Crippen molar-refractivity contribution in [3.63, 3.8) is 0 Å². The highest BCUT2D eigenvalue weighted by Crippen LogP contribution is 2.60. The Kier molecular flexibility index (Phi) is 7.49. The van der Waals surface area contributed by atoms with Gasteiger partial charge in [0.05, 0.1) is 50.2 Å². The Bertz CT molecular complexity index is 1990. The van der Waals surface area contributed by atoms with Crippen molar-refractivity contribution < 1.29 is 37.4 Å². The highest BCUT2D eigenvalue weighted by Gasteiger charge is 2.52. The molecule has 7 rings (SSSR count). The van der Waals surface area contributed by atoms with Gasteiger partial charge in [0, 0.05) is 26.9 Å². The number of aryl methyl sites for hydroxylation is 2. The summed E-state index contributed by atoms with van der Waals surface area (Å²) >= 11 is 9.51. The summed E-state index contributed by atoms with van der Waals surface area (Å²) in [4.78, 5) is 53.1. The van der Waals surface area contributed by atoms with Gasteiger partial charge in [-0.3, -0.25) is 23.2 Å². The molecule has 0 spiro atoms. The van der Waals surface area contributed by atoms with E-state index in [2.05, 4.69) is 32.2 Å². The van der Waals surface area contributed by atoms with Crippen LogP contribution in [-0.2, 0) is 53.3 Å². The molecule has 4 aromatic rings. The van der Waals surface area contributed by atoms with Gasteiger partial charge in [-0.2, -0.15) is 0 Å². The zero-order valence-electron chi connectivity index (χ0n) is 23.0. The van der Waals surface area contributed by atoms with Crippen molar-refractivity contribution in [2.75, 3.05) is 6.61 Å². The molecule has 3 fully saturated rings. The highest BCUT2D eigenvalue weighted by atomic mass is 32.7. The Morgan fingerprint density at radius 3 is 2.14 bits per heavy atom. The first-order chi connectivity index (χ1) is 20.8. The molecule has 4 aromatic heterocycles. The van der Waals surface area contributed by atoms with Crippen molar-refractivity contribution in [3.05, 3.63) is 46.0 Å². The van der Waals surface area contributed by atoms with E-state index in [4.69, 9.17) is 34.6 Å². The SMILES string of the molecule is Cn1cnc2c(ncn2[C@@H]2C[C@@H]3OP(O)(=S)O[C@H]4C[C@H](n5cnc6c(=O)n(C)cnc65)O[C@@H]4COP(=O)(S)O[C@@H]2[C@@H]3O)c1=O. The van der Waals surface area contributed by atoms with Crippen LogP contribution in [-0.4, -0.2) is 85.3 Å². The van der Waals surface area contributed by atoms with E-state index in [9.17, 15) is 24.2 Å². The van der Waals surface area contributed by atoms with Crippen molar-refractivity contribution >= 4 is 59.9 Å². The molecule has 3 aliphatic rings. The summed E-state index contributed by atoms with van der Waals surface area (Å²) in [5, 5.41) is 11.2. The van der Waals surface area contributed by atoms with Crippen LogP contribution in [0.25, 0.3) is 22.3 Å². The fourth-order valence-electron chi connectivity index (χ4n) is 5.75. The number of thiol groups is 1. The molecule has 2 aliphatic heterocycles. The average Bonchev–Trinajstić information content (AvgIpc) is 3.73. The predicted octanol–water partition coefficient (Wildman–Crippen LogP) is 0.307. The van der Waals surface area contributed by atoms with Crippen LogP contribution in [0.15, 0.2) is 34.9 Å². The van der Waals surface area contributed by atoms with Crippen LogP contribution in [0.3, 0.4) is 0 Å². The molecule has 2 N–H and O–H groups in total. The summed E-state index contributed by atoms with van der Waals surface area (Å²) in [5.41, 5.74) is -0.0628. The van der Waals surface area contributed by atoms with Crippen LogP contribution in [0, 0.1) is 0 Å². The molecular weight excluding hydrogens is 662 g/mol. The first-order valence-electron chi connectivity index (χ1n) is 13.3. The number of ether oxygens (including phenoxy) is 1. The average molecular weight is 689 g/mol. The Balaban J connectivity index is 1.20. The lowest BCUT2D eigenvalue weighted by Crippen LogP contribution is -2.36. The van der Waals surface area contributed by atoms with E-state index in [0.29, 0.717) is 0 Å². The van der Waals surface area contributed by atoms with Crippen molar-refractivity contribution in [2.45, 2.75) is 55.6 Å². The van der Waals surface area contributed by atoms with Crippen LogP contribution >= 0.6 is 25.8 Å². The van der Waals surface area contributed by atoms with Gasteiger partial charge in [0.2, 0.25) is 0 Å². The van der Waals surface area contributed by atoms with Gasteiger partial charge in [-0.1, -0.05) is 12.2 Å². The molecule has 9 atom stereocenters. The molecule has 6 heterocycles. The van der Waals surface area contributed by atoms with Gasteiger partial charge in [-0.25, -0.2) is 24.5 Å². The van der Waals surface area contributed by atoms with Crippen molar-refractivity contribution in [1.82, 2.24) is 38.2 Å². The molecule has 0 amide bonds. The smallest absolute Gasteiger partial charge is 0.386 e. The predicted molar refractivity (Wildman–Crippen MR) is 157 cm³/mol. The molecule has 44 heavy (non-hydrogen) atoms. The lowest BCUT2D eigenvalue weighted by molar-refractivity contribution is -0.0533. The number of imidazole rings is 2. The van der Waals surface area contributed by atoms with Gasteiger partial charge < -0.3 is 37.5 Å². The second kappa shape index (κ2) is 10.9. The van der Waals surface area contributed by atoms with E-state index in [-0.39, 0.29) is 47.3 Å². The van der Waals surface area contributed by atoms with E-state index in [0.717, 1.165) is 0 Å². The molecule has 22 heteroatoms. The number of aliphatic hydroxyl groups is 1. The van der Waals surface area contributed by atoms with Crippen LogP contribution in [0.5, 0.6) is 0 Å². The molecule has 2 saturated heterocycles. The molecule has 2 bridgehead atoms. The molecule has 1 aliphatic carbocycles. The number of hydrogen-bond acceptors (Lipinski definition) is 14. The minimum absolute atomic E-state index is 0.0147. The maximum absolute atomic E-state index is 13.5. The Morgan fingerprint density at radius 1 is 0.886 bits per heavy atom. The number of aliphatic hydroxyl groups excluding tert-OH is 1. The van der Waals surface area contributed by atoms with E-state index in [1.54, 1.807) is 7.05 Å². The van der Waals surface area contributed by atoms with Crippen LogP contribution in [0.4, 0.5) is 0 Å². The first kappa shape index (κ1) is 30.3. The summed E-state index contributed by atoms with van der Waals surface area (Å²) < 4.78 is 48.4. The number of rotatable bonds is 2. The molecule has 0 aromatic carbocycles. The second-order valence-corrected chi connectivity index (χ2v) is 16.3. The molecule has 2 unspecified atom stereocenters. The fourth-order valence-corrected chi connectivity index (χ4v) is 9.08. The maximum atomic E-state index is 13.5. The fraction of sp³-hybridized carbons (Fsp3) is 0.545. The van der Waals surface area contributed by atoms with Gasteiger partial charge in [0.15, 0.2) is 22.3 Å². The minimum Gasteiger partial charge on any atom is -0.388 e. The maximum Gasteiger partial charge on any atom is 0.386 e. The van der Waals surface area contributed by atoms with Crippen LogP contribution < -0.4 is 11.1 Å². The molecule has 0 radical (unpaired) electrons. The monoisotopic (exact) mass is 688 g/mol. The Morgan fingerprint density at radius 2 is 1.48 bits per heavy atom. The Hall–Kier alpha value is -2.35. The zero-order chi connectivity index (χ0) is 31.1. The van der Waals surface area contributed by atoms with E-state index in [1.165, 1.54) is 50.6 Å². The summed E-state index contributed by atoms with van der Waals surface area (Å²) in [6, 6.07) is -0.825. The van der Waals surface area contributed by atoms with Gasteiger partial charge in [-0.15, -0.1) is 0 Å². The summed E-state index contributed by atoms with van der Waals surface area (Å²) in [6.07, 6.45) is -1.03. The summed E-state index contributed by atoms with van der Waals surface area (Å²) in [5.74, 6) is 0. The van der Waals surface area contributed by atoms with Crippen molar-refractivity contribution in [3.8, 4) is 0 Å². The molecule has 236 valence electrons. The molecule has 18 nitrogen and oxygen atoms in total. The number of aromatic nitrogens is 8. The Labute approximate surface area is 257 Å². The van der Waals surface area contributed by atoms with Gasteiger partial charge in [-0.05, 0) is 11.8 Å². The van der Waals surface area contributed by atoms with Gasteiger partial charge in [0.25, 0.3) is 11.1 Å². The lowest BCUT2D eigenvalue weighted by Gasteiger charge is -2.30. The minimum atomic E-state index is -4.18. The van der Waals surface area contributed by atoms with Crippen molar-refractivity contribution in [1.29, 1.82) is 0 Å². The van der Waals surface area contributed by atoms with E-state index >= 15 is 0 Å². The number of fused-ring (bicyclic) bond motifs is 5. The third-order valence-corrected chi connectivity index (χ3v) is 11.1. The molecular formula is C22H26N8O10P2S2. The largest absolute Gasteiger partial charge is 0.388 e. The number of nitrogens with zero attached hydrogens (tertiary/aromatic N) is 8. The third-order valence-electron chi connectivity index (χ3n) is 7.90. The first-order valence-corrected chi connectivity index (χ1v) is 18.6. The van der Waals surface area contributed by atoms with Crippen LogP contribution in [0.1, 0.15) is 25.1 Å². The summed E-state index contributed by atoms with van der Waals surface area (Å²) in [7, 11) is 3.09. The van der Waals surface area contributed by atoms with Gasteiger partial charge in [0.1, 0.15) is 24.5 Å². The second-order valence-electron chi connectivity index (χ2n) is 10.7. The third kappa shape index (κ3) is 5.21. The quantitative estimate of drug-likeness (QED) is 0.191. The van der Waals surface area contributed by atoms with Crippen LogP contribution in [0.2, 0.25) is 0 Å². The normalized spacial score (nSPS) is 36.3. The zero-order valence-corrected chi connectivity index (χ0v) is 26.5. The summed E-state index contributed by atoms with van der Waals surface area (Å²) in [6.45, 7) is -8.61. The lowest BCUT2D eigenvalue weighted by atomic mass is 10.2. The molecule has 1 saturated carbocycles. The van der Waals surface area contributed by atoms with Crippen molar-refractivity contribution in [2.24, 2.45) is 14.1 Å². The van der Waals surface area contributed by atoms with Gasteiger partial charge >= 0.3 is 13.5 Å². The highest BCUT2D eigenvalue weighted by molar-refractivity contribution is 8.44. The standard InChI is InChI=1S/C22H26N8O10P2S2/c1-27-6-25-19-15(21(27)32)23-8-29(19)10-3-12-17(31)18(10)40-41(34,43)36-5-13-11(38-42(35,44)39-12)4-14(37-13)30-9-24-16-20(30)26-7-28(2)22(16)33/h6-14,17-18,31H,3-5H2,1-2H3,(H,34,43)(H,35,44)/t10-,11+,12+,13-,14-,17-,18+,41?,42?/m1/s1. The van der Waals surface area contributed by atoms with E-state index in [1.807, 2.05) is 0 Å². The topological polar surface area (TPSA) is 209 Å². The number of hydrogen-bond donors (Lipinski definition) is 3.